The summed E-state index contributed by atoms with van der Waals surface area (Å²) in [6.07, 6.45) is 0.618. The molecule has 9 heteroatoms. The van der Waals surface area contributed by atoms with Gasteiger partial charge in [-0.3, -0.25) is 29.5 Å². The number of hydrogen-bond donors (Lipinski definition) is 1. The molecule has 1 N–H and O–H groups in total. The Hall–Kier alpha value is -4.21. The molecule has 218 valence electrons. The van der Waals surface area contributed by atoms with E-state index < -0.39 is 6.04 Å². The first-order valence-corrected chi connectivity index (χ1v) is 14.4. The van der Waals surface area contributed by atoms with Crippen LogP contribution < -0.4 is 14.8 Å². The zero-order valence-electron chi connectivity index (χ0n) is 24.0. The highest BCUT2D eigenvalue weighted by Gasteiger charge is 2.40. The van der Waals surface area contributed by atoms with E-state index in [0.717, 1.165) is 48.8 Å². The second kappa shape index (κ2) is 12.0. The van der Waals surface area contributed by atoms with E-state index in [4.69, 9.17) is 9.47 Å². The van der Waals surface area contributed by atoms with Crippen LogP contribution in [0.1, 0.15) is 51.5 Å². The van der Waals surface area contributed by atoms with Crippen LogP contribution in [0.5, 0.6) is 11.5 Å². The Morgan fingerprint density at radius 3 is 2.02 bits per heavy atom. The molecule has 2 saturated heterocycles. The van der Waals surface area contributed by atoms with Gasteiger partial charge in [-0.05, 0) is 52.9 Å². The summed E-state index contributed by atoms with van der Waals surface area (Å²) in [7, 11) is 3.36. The number of rotatable bonds is 8. The number of benzene rings is 3. The van der Waals surface area contributed by atoms with Gasteiger partial charge < -0.3 is 14.4 Å². The maximum absolute atomic E-state index is 13.5. The number of imide groups is 1. The predicted octanol–water partition coefficient (Wildman–Crippen LogP) is 3.37. The van der Waals surface area contributed by atoms with Crippen molar-refractivity contribution in [1.29, 1.82) is 0 Å². The van der Waals surface area contributed by atoms with Crippen LogP contribution >= 0.6 is 0 Å². The van der Waals surface area contributed by atoms with E-state index in [1.165, 1.54) is 11.1 Å². The Morgan fingerprint density at radius 1 is 0.833 bits per heavy atom. The molecule has 3 heterocycles. The summed E-state index contributed by atoms with van der Waals surface area (Å²) in [4.78, 5) is 44.2. The average molecular weight is 569 g/mol. The van der Waals surface area contributed by atoms with Crippen LogP contribution in [-0.2, 0) is 22.7 Å². The van der Waals surface area contributed by atoms with Gasteiger partial charge in [0.25, 0.3) is 5.91 Å². The van der Waals surface area contributed by atoms with Gasteiger partial charge in [-0.1, -0.05) is 42.5 Å². The van der Waals surface area contributed by atoms with Gasteiger partial charge in [0.2, 0.25) is 11.8 Å². The number of amides is 3. The van der Waals surface area contributed by atoms with Crippen LogP contribution in [-0.4, -0.2) is 78.9 Å². The smallest absolute Gasteiger partial charge is 0.255 e. The third-order valence-electron chi connectivity index (χ3n) is 8.67. The van der Waals surface area contributed by atoms with E-state index >= 15 is 0 Å². The van der Waals surface area contributed by atoms with Crippen molar-refractivity contribution >= 4 is 17.7 Å². The fourth-order valence-corrected chi connectivity index (χ4v) is 6.43. The minimum absolute atomic E-state index is 0.0913. The van der Waals surface area contributed by atoms with Gasteiger partial charge in [0, 0.05) is 51.3 Å². The maximum Gasteiger partial charge on any atom is 0.255 e. The normalized spacial score (nSPS) is 19.6. The van der Waals surface area contributed by atoms with Gasteiger partial charge in [-0.25, -0.2) is 0 Å². The van der Waals surface area contributed by atoms with Crippen molar-refractivity contribution in [2.75, 3.05) is 40.4 Å². The van der Waals surface area contributed by atoms with Crippen molar-refractivity contribution in [2.45, 2.75) is 38.0 Å². The lowest BCUT2D eigenvalue weighted by molar-refractivity contribution is -0.136. The van der Waals surface area contributed by atoms with E-state index in [2.05, 4.69) is 39.4 Å². The minimum atomic E-state index is -0.605. The number of piperazine rings is 1. The number of nitrogens with one attached hydrogen (secondary N) is 1. The number of piperidine rings is 1. The predicted molar refractivity (Wildman–Crippen MR) is 157 cm³/mol. The highest BCUT2D eigenvalue weighted by Crippen LogP contribution is 2.33. The van der Waals surface area contributed by atoms with Crippen LogP contribution in [0.4, 0.5) is 0 Å². The Bertz CT molecular complexity index is 1420. The standard InChI is InChI=1S/C33H36N4O5/c1-41-26-10-6-22(7-11-26)31(23-8-12-27(42-2)13-9-23)36-18-16-35(17-19-36)20-24-4-3-5-25-21-37(33(40)30(24)25)28-14-15-29(38)34-32(28)39/h3-13,28,31H,14-21H2,1-2H3,(H,34,38,39). The molecule has 0 bridgehead atoms. The maximum atomic E-state index is 13.5. The van der Waals surface area contributed by atoms with Crippen molar-refractivity contribution in [1.82, 2.24) is 20.0 Å². The van der Waals surface area contributed by atoms with Crippen molar-refractivity contribution in [3.05, 3.63) is 94.5 Å². The Labute approximate surface area is 246 Å². The third-order valence-corrected chi connectivity index (χ3v) is 8.67. The monoisotopic (exact) mass is 568 g/mol. The summed E-state index contributed by atoms with van der Waals surface area (Å²) in [5, 5.41) is 2.38. The Balaban J connectivity index is 1.16. The van der Waals surface area contributed by atoms with E-state index in [0.29, 0.717) is 25.1 Å². The quantitative estimate of drug-likeness (QED) is 0.417. The van der Waals surface area contributed by atoms with E-state index in [1.807, 2.05) is 42.5 Å². The van der Waals surface area contributed by atoms with Gasteiger partial charge in [-0.2, -0.15) is 0 Å². The summed E-state index contributed by atoms with van der Waals surface area (Å²) in [5.74, 6) is 0.888. The van der Waals surface area contributed by atoms with Crippen LogP contribution in [0.15, 0.2) is 66.7 Å². The van der Waals surface area contributed by atoms with Gasteiger partial charge in [0.05, 0.1) is 20.3 Å². The van der Waals surface area contributed by atoms with E-state index in [1.54, 1.807) is 19.1 Å². The molecule has 6 rings (SSSR count). The van der Waals surface area contributed by atoms with Gasteiger partial charge in [0.1, 0.15) is 17.5 Å². The fraction of sp³-hybridized carbons (Fsp3) is 0.364. The third kappa shape index (κ3) is 5.49. The number of carbonyl (C=O) groups excluding carboxylic acids is 3. The molecule has 3 amide bonds. The molecule has 0 saturated carbocycles. The number of methoxy groups -OCH3 is 2. The molecule has 42 heavy (non-hydrogen) atoms. The zero-order valence-corrected chi connectivity index (χ0v) is 24.0. The highest BCUT2D eigenvalue weighted by atomic mass is 16.5. The van der Waals surface area contributed by atoms with Crippen molar-refractivity contribution < 1.29 is 23.9 Å². The van der Waals surface area contributed by atoms with Gasteiger partial charge in [0.15, 0.2) is 0 Å². The van der Waals surface area contributed by atoms with E-state index in [-0.39, 0.29) is 30.2 Å². The molecule has 3 aliphatic rings. The lowest BCUT2D eigenvalue weighted by atomic mass is 9.96. The van der Waals surface area contributed by atoms with Crippen molar-refractivity contribution in [2.24, 2.45) is 0 Å². The molecular weight excluding hydrogens is 532 g/mol. The molecule has 1 atom stereocenters. The summed E-state index contributed by atoms with van der Waals surface area (Å²) >= 11 is 0. The lowest BCUT2D eigenvalue weighted by Gasteiger charge is -2.40. The number of hydrogen-bond acceptors (Lipinski definition) is 7. The number of nitrogens with zero attached hydrogens (tertiary/aromatic N) is 3. The topological polar surface area (TPSA) is 91.4 Å². The average Bonchev–Trinajstić information content (AvgIpc) is 3.35. The first kappa shape index (κ1) is 27.9. The molecule has 2 fully saturated rings. The molecule has 9 nitrogen and oxygen atoms in total. The number of fused-ring (bicyclic) bond motifs is 1. The van der Waals surface area contributed by atoms with Crippen LogP contribution in [0.25, 0.3) is 0 Å². The SMILES string of the molecule is COc1ccc(C(c2ccc(OC)cc2)N2CCN(Cc3cccc4c3C(=O)N(C3CCC(=O)NC3=O)C4)CC2)cc1. The molecule has 0 aromatic heterocycles. The first-order valence-electron chi connectivity index (χ1n) is 14.4. The van der Waals surface area contributed by atoms with Gasteiger partial charge in [-0.15, -0.1) is 0 Å². The summed E-state index contributed by atoms with van der Waals surface area (Å²) < 4.78 is 10.8. The molecule has 0 aliphatic carbocycles. The molecular formula is C33H36N4O5. The van der Waals surface area contributed by atoms with Crippen LogP contribution in [0, 0.1) is 0 Å². The number of ether oxygens (including phenoxy) is 2. The summed E-state index contributed by atoms with van der Waals surface area (Å²) in [6.45, 7) is 4.52. The first-order chi connectivity index (χ1) is 20.4. The zero-order chi connectivity index (χ0) is 29.2. The van der Waals surface area contributed by atoms with Crippen LogP contribution in [0.2, 0.25) is 0 Å². The lowest BCUT2D eigenvalue weighted by Crippen LogP contribution is -2.52. The Morgan fingerprint density at radius 2 is 1.45 bits per heavy atom. The van der Waals surface area contributed by atoms with Crippen molar-refractivity contribution in [3.63, 3.8) is 0 Å². The molecule has 3 aliphatic heterocycles. The highest BCUT2D eigenvalue weighted by molar-refractivity contribution is 6.06. The Kier molecular flexibility index (Phi) is 7.95. The number of carbonyl (C=O) groups is 3. The largest absolute Gasteiger partial charge is 0.497 e. The second-order valence-electron chi connectivity index (χ2n) is 11.1. The molecule has 3 aromatic rings. The van der Waals surface area contributed by atoms with Crippen LogP contribution in [0.3, 0.4) is 0 Å². The molecule has 1 unspecified atom stereocenters. The summed E-state index contributed by atoms with van der Waals surface area (Å²) in [6, 6.07) is 22.0. The summed E-state index contributed by atoms with van der Waals surface area (Å²) in [5.41, 5.74) is 5.05. The molecule has 0 spiro atoms. The molecule has 0 radical (unpaired) electrons. The minimum Gasteiger partial charge on any atom is -0.497 e. The van der Waals surface area contributed by atoms with E-state index in [9.17, 15) is 14.4 Å². The molecule has 3 aromatic carbocycles. The van der Waals surface area contributed by atoms with Crippen molar-refractivity contribution in [3.8, 4) is 11.5 Å². The second-order valence-corrected chi connectivity index (χ2v) is 11.1. The fourth-order valence-electron chi connectivity index (χ4n) is 6.43. The van der Waals surface area contributed by atoms with Gasteiger partial charge >= 0.3 is 0 Å².